The zero-order chi connectivity index (χ0) is 71.9. The van der Waals surface area contributed by atoms with E-state index < -0.39 is 93.9 Å². The van der Waals surface area contributed by atoms with Crippen molar-refractivity contribution < 1.29 is 97.8 Å². The van der Waals surface area contributed by atoms with Crippen molar-refractivity contribution in [3.05, 3.63) is 127 Å². The van der Waals surface area contributed by atoms with E-state index in [-0.39, 0.29) is 91.6 Å². The van der Waals surface area contributed by atoms with Crippen LogP contribution >= 0.6 is 0 Å². The number of hydrogen-bond donors (Lipinski definition) is 6. The van der Waals surface area contributed by atoms with Gasteiger partial charge in [0.2, 0.25) is 17.7 Å². The second kappa shape index (κ2) is 33.8. The maximum absolute atomic E-state index is 17.6. The van der Waals surface area contributed by atoms with Gasteiger partial charge in [-0.05, 0) is 119 Å². The van der Waals surface area contributed by atoms with Crippen molar-refractivity contribution in [2.45, 2.75) is 123 Å². The van der Waals surface area contributed by atoms with Crippen LogP contribution in [0.25, 0.3) is 18.2 Å². The summed E-state index contributed by atoms with van der Waals surface area (Å²) >= 11 is 0. The predicted molar refractivity (Wildman–Crippen MR) is 361 cm³/mol. The molecule has 2 aromatic heterocycles. The fraction of sp³-hybridized carbons (Fsp3) is 0.507. The van der Waals surface area contributed by atoms with Crippen LogP contribution in [0.2, 0.25) is 0 Å². The Hall–Kier alpha value is -8.62. The summed E-state index contributed by atoms with van der Waals surface area (Å²) in [6.07, 6.45) is 7.45. The number of fused-ring (bicyclic) bond motifs is 2. The molecule has 4 atom stereocenters. The molecule has 3 aliphatic heterocycles. The summed E-state index contributed by atoms with van der Waals surface area (Å²) in [4.78, 5) is 97.2. The number of nitro benzene ring substituents is 1. The molecule has 0 bridgehead atoms. The fourth-order valence-electron chi connectivity index (χ4n) is 11.7. The van der Waals surface area contributed by atoms with E-state index in [0.717, 1.165) is 57.1 Å². The molecule has 0 saturated carbocycles. The summed E-state index contributed by atoms with van der Waals surface area (Å²) < 4.78 is 90.6. The molecule has 3 aliphatic rings. The summed E-state index contributed by atoms with van der Waals surface area (Å²) in [5.74, 6) is -2.95. The van der Waals surface area contributed by atoms with Crippen molar-refractivity contribution in [2.75, 3.05) is 101 Å². The number of H-pyrrole nitrogens is 1. The zero-order valence-electron chi connectivity index (χ0n) is 57.6. The van der Waals surface area contributed by atoms with E-state index in [9.17, 15) is 57.0 Å². The van der Waals surface area contributed by atoms with Gasteiger partial charge >= 0.3 is 13.1 Å². The topological polar surface area (TPSA) is 327 Å². The molecule has 534 valence electrons. The first-order valence-corrected chi connectivity index (χ1v) is 34.7. The quantitative estimate of drug-likeness (QED) is 0.00498. The largest absolute Gasteiger partial charge is 0.748 e. The van der Waals surface area contributed by atoms with Crippen LogP contribution in [-0.4, -0.2) is 212 Å². The number of unbranched alkanes of at least 4 members (excludes halogenated alkanes) is 1. The molecular weight excluding hydrogens is 1300 g/mol. The third-order valence-corrected chi connectivity index (χ3v) is 17.8. The Morgan fingerprint density at radius 3 is 2.18 bits per heavy atom. The van der Waals surface area contributed by atoms with Crippen LogP contribution in [0.5, 0.6) is 11.5 Å². The second-order valence-corrected chi connectivity index (χ2v) is 28.6. The number of nitro groups is 1. The number of hydroxylamine groups is 2. The molecule has 0 spiro atoms. The lowest BCUT2D eigenvalue weighted by molar-refractivity contribution is -0.878. The third-order valence-electron chi connectivity index (χ3n) is 17.0. The average molecular weight is 1390 g/mol. The first-order chi connectivity index (χ1) is 46.1. The molecule has 5 amide bonds. The second-order valence-electron chi connectivity index (χ2n) is 27.1. The van der Waals surface area contributed by atoms with Crippen molar-refractivity contribution in [2.24, 2.45) is 0 Å². The molecule has 6 N–H and O–H groups in total. The number of carbonyl (C=O) groups excluding carboxylic acids is 6. The molecule has 0 aliphatic carbocycles. The number of ether oxygens (including phenoxy) is 3. The van der Waals surface area contributed by atoms with Gasteiger partial charge in [-0.1, -0.05) is 30.2 Å². The number of quaternary nitrogens is 3. The number of halogens is 2. The Bertz CT molecular complexity index is 3800. The van der Waals surface area contributed by atoms with Crippen LogP contribution < -0.4 is 30.3 Å². The van der Waals surface area contributed by atoms with Crippen LogP contribution in [0.3, 0.4) is 0 Å². The van der Waals surface area contributed by atoms with Crippen molar-refractivity contribution in [1.82, 2.24) is 30.5 Å². The number of likely N-dealkylation sites (N-methyl/N-ethyl adjacent to an activating group) is 1. The molecule has 5 heterocycles. The summed E-state index contributed by atoms with van der Waals surface area (Å²) in [7, 11) is 9.69. The highest BCUT2D eigenvalue weighted by molar-refractivity contribution is 7.85. The van der Waals surface area contributed by atoms with E-state index >= 15 is 8.63 Å². The van der Waals surface area contributed by atoms with Gasteiger partial charge < -0.3 is 76.3 Å². The van der Waals surface area contributed by atoms with Gasteiger partial charge in [0.15, 0.2) is 11.4 Å². The molecule has 27 nitrogen and oxygen atoms in total. The number of nitrogens with zero attached hydrogens (tertiary/aromatic N) is 6. The first kappa shape index (κ1) is 76.7. The van der Waals surface area contributed by atoms with Crippen molar-refractivity contribution in [1.29, 1.82) is 0 Å². The molecule has 1 fully saturated rings. The van der Waals surface area contributed by atoms with Gasteiger partial charge in [0.05, 0.1) is 115 Å². The molecule has 0 radical (unpaired) electrons. The minimum atomic E-state index is -4.55. The van der Waals surface area contributed by atoms with Crippen molar-refractivity contribution >= 4 is 82.4 Å². The van der Waals surface area contributed by atoms with Gasteiger partial charge in [0.25, 0.3) is 17.5 Å². The Morgan fingerprint density at radius 1 is 0.857 bits per heavy atom. The maximum atomic E-state index is 17.6. The molecule has 4 unspecified atom stereocenters. The van der Waals surface area contributed by atoms with Gasteiger partial charge in [-0.2, -0.15) is 0 Å². The number of allylic oxidation sites excluding steroid dienone is 2. The van der Waals surface area contributed by atoms with E-state index in [4.69, 9.17) is 19.0 Å². The van der Waals surface area contributed by atoms with Crippen LogP contribution in [0.4, 0.5) is 19.1 Å². The molecule has 7 rings (SSSR count). The number of nitrogens with one attached hydrogen (secondary N) is 5. The van der Waals surface area contributed by atoms with E-state index in [2.05, 4.69) is 63.2 Å². The highest BCUT2D eigenvalue weighted by Gasteiger charge is 2.55. The Kier molecular flexibility index (Phi) is 26.4. The predicted octanol–water partition coefficient (Wildman–Crippen LogP) is 5.08. The number of aliphatic hydroxyl groups excluding tert-OH is 1. The molecule has 4 aromatic rings. The van der Waals surface area contributed by atoms with Crippen LogP contribution in [0.1, 0.15) is 136 Å². The number of aromatic amines is 1. The van der Waals surface area contributed by atoms with E-state index in [1.165, 1.54) is 13.0 Å². The van der Waals surface area contributed by atoms with Crippen LogP contribution in [-0.2, 0) is 56.7 Å². The number of benzene rings is 2. The van der Waals surface area contributed by atoms with E-state index in [1.54, 1.807) is 61.5 Å². The fourth-order valence-corrected chi connectivity index (χ4v) is 12.2. The van der Waals surface area contributed by atoms with Gasteiger partial charge in [-0.3, -0.25) is 38.9 Å². The standard InChI is InChI=1S/C67H92BF2N11O16S/c1-11-54(66(87)74-56(19-12-13-34-80(5,6)7)65(86)71-31-32-75(4)33-37-95-61-43-59(79(89)90)53(40-50(61)44-82)46(3)96-67(88)97-78-63(84)29-30-64(78)85)73-62(83)20-15-36-94-52-26-23-47(24-27-52)22-25-51-39-48(18-16-38-98(91,92)93)57-42-58-49(17-14-35-81(8,9)10)41-60(55-28-21-45(2)72-55)77(58)68(69,70)76(51)57/h21-28,39-43,46,54,56,72,82H,11-20,29-38,44H2,1-10H3,(H2-2,71,73,74,83,86,87,91,92,93)/p+2/b25-22+. The Morgan fingerprint density at radius 2 is 1.55 bits per heavy atom. The van der Waals surface area contributed by atoms with E-state index in [1.807, 2.05) is 26.1 Å². The van der Waals surface area contributed by atoms with Crippen molar-refractivity contribution in [3.63, 3.8) is 0 Å². The van der Waals surface area contributed by atoms with Gasteiger partial charge in [-0.25, -0.2) is 13.2 Å². The number of rotatable bonds is 38. The lowest BCUT2D eigenvalue weighted by Gasteiger charge is -2.31. The SMILES string of the molecule is CCC(NC(=O)CCCOc1ccc(/C=C/c2cc(CCCS(=O)(=O)[O-])c3n2[B-](F)(F)[N+]2=C(c4ccc(C)[nH]4)C=C(CCC[N+](C)(C)C)C2=C3)cc1)C(=O)NC(CCCC[N+](C)(C)C)C(=O)NCC[NH+](C)CCOc1cc([N+](=O)[O-])c(C(C)OC(=O)ON2C(=O)CCC2=O)cc1CO. The lowest BCUT2D eigenvalue weighted by Crippen LogP contribution is -3.10. The first-order valence-electron chi connectivity index (χ1n) is 33.1. The molecule has 2 aromatic carbocycles. The number of hydrogen-bond acceptors (Lipinski definition) is 16. The number of carbonyl (C=O) groups is 6. The highest BCUT2D eigenvalue weighted by atomic mass is 32.2. The number of amides is 5. The Balaban J connectivity index is 0.904. The highest BCUT2D eigenvalue weighted by Crippen LogP contribution is 2.41. The Labute approximate surface area is 570 Å². The minimum absolute atomic E-state index is 0.00459. The van der Waals surface area contributed by atoms with E-state index in [0.29, 0.717) is 81.7 Å². The summed E-state index contributed by atoms with van der Waals surface area (Å²) in [5, 5.41) is 31.2. The normalized spacial score (nSPS) is 15.8. The maximum Gasteiger partial charge on any atom is 0.737 e. The van der Waals surface area contributed by atoms with Gasteiger partial charge in [-0.15, -0.1) is 0 Å². The number of imide groups is 1. The monoisotopic (exact) mass is 1390 g/mol. The van der Waals surface area contributed by atoms with Gasteiger partial charge in [0.1, 0.15) is 48.5 Å². The average Bonchev–Trinajstić information content (AvgIpc) is 1.55. The number of aromatic nitrogens is 2. The summed E-state index contributed by atoms with van der Waals surface area (Å²) in [6, 6.07) is 12.7. The third kappa shape index (κ3) is 21.7. The van der Waals surface area contributed by atoms with Crippen LogP contribution in [0, 0.1) is 17.0 Å². The summed E-state index contributed by atoms with van der Waals surface area (Å²) in [6.45, 7) is 2.59. The smallest absolute Gasteiger partial charge is 0.737 e. The minimum Gasteiger partial charge on any atom is -0.748 e. The summed E-state index contributed by atoms with van der Waals surface area (Å²) in [5.41, 5.74) is 3.98. The van der Waals surface area contributed by atoms with Crippen LogP contribution in [0.15, 0.2) is 71.9 Å². The molecule has 31 heteroatoms. The molecular formula is C67H94BF2N11O16S+2. The number of aliphatic hydroxyl groups is 1. The molecule has 98 heavy (non-hydrogen) atoms. The molecule has 1 saturated heterocycles. The van der Waals surface area contributed by atoms with Gasteiger partial charge in [0, 0.05) is 71.8 Å². The lowest BCUT2D eigenvalue weighted by atomic mass is 9.88. The number of aryl methyl sites for hydroxylation is 2. The van der Waals surface area contributed by atoms with Crippen molar-refractivity contribution in [3.8, 4) is 11.5 Å². The zero-order valence-corrected chi connectivity index (χ0v) is 58.4.